The number of hydrogen-bond acceptors (Lipinski definition) is 7. The van der Waals surface area contributed by atoms with Gasteiger partial charge in [0, 0.05) is 17.0 Å². The first-order valence-electron chi connectivity index (χ1n) is 9.24. The first-order chi connectivity index (χ1) is 14.7. The quantitative estimate of drug-likeness (QED) is 0.412. The van der Waals surface area contributed by atoms with E-state index in [0.29, 0.717) is 27.9 Å². The van der Waals surface area contributed by atoms with Gasteiger partial charge in [0.25, 0.3) is 0 Å². The highest BCUT2D eigenvalue weighted by Gasteiger charge is 2.25. The second-order valence-corrected chi connectivity index (χ2v) is 7.76. The normalized spacial score (nSPS) is 12.3. The number of thioether (sulfide) groups is 1. The Morgan fingerprint density at radius 1 is 1.10 bits per heavy atom. The molecule has 148 valence electrons. The highest BCUT2D eigenvalue weighted by atomic mass is 32.2. The van der Waals surface area contributed by atoms with Crippen molar-refractivity contribution in [3.05, 3.63) is 72.0 Å². The Morgan fingerprint density at radius 3 is 2.70 bits per heavy atom. The molecule has 0 saturated carbocycles. The molecule has 0 aliphatic heterocycles. The molecule has 0 saturated heterocycles. The largest absolute Gasteiger partial charge is 0.360 e. The zero-order valence-corrected chi connectivity index (χ0v) is 16.7. The molecule has 8 nitrogen and oxygen atoms in total. The summed E-state index contributed by atoms with van der Waals surface area (Å²) in [5, 5.41) is 16.0. The van der Waals surface area contributed by atoms with E-state index in [1.54, 1.807) is 13.0 Å². The summed E-state index contributed by atoms with van der Waals surface area (Å²) in [6, 6.07) is 18.9. The van der Waals surface area contributed by atoms with E-state index in [1.807, 2.05) is 54.6 Å². The number of aromatic amines is 1. The minimum absolute atomic E-state index is 0.250. The smallest absolute Gasteiger partial charge is 0.243 e. The topological polar surface area (TPSA) is 110 Å². The van der Waals surface area contributed by atoms with Crippen molar-refractivity contribution in [2.45, 2.75) is 17.3 Å². The maximum Gasteiger partial charge on any atom is 0.243 e. The van der Waals surface area contributed by atoms with Crippen LogP contribution in [0.25, 0.3) is 22.1 Å². The Balaban J connectivity index is 1.48. The molecule has 9 heteroatoms. The molecule has 30 heavy (non-hydrogen) atoms. The lowest BCUT2D eigenvalue weighted by Crippen LogP contribution is -2.19. The summed E-state index contributed by atoms with van der Waals surface area (Å²) in [5.74, 6) is 0.731. The number of anilines is 1. The van der Waals surface area contributed by atoms with Crippen molar-refractivity contribution in [2.75, 3.05) is 5.32 Å². The summed E-state index contributed by atoms with van der Waals surface area (Å²) < 4.78 is 5.04. The van der Waals surface area contributed by atoms with Gasteiger partial charge in [0.05, 0.1) is 0 Å². The fraction of sp³-hybridized carbons (Fsp3) is 0.0952. The van der Waals surface area contributed by atoms with E-state index in [0.717, 1.165) is 16.5 Å². The minimum atomic E-state index is -0.591. The SMILES string of the molecule is Cc1cc(NC(=O)[C@H](Sc2nnc3c(n2)[nH]c2ccccc23)c2ccccc2)no1. The van der Waals surface area contributed by atoms with Gasteiger partial charge >= 0.3 is 0 Å². The molecule has 1 atom stereocenters. The Bertz CT molecular complexity index is 1350. The van der Waals surface area contributed by atoms with Gasteiger partial charge < -0.3 is 14.8 Å². The molecule has 0 spiro atoms. The number of nitrogens with one attached hydrogen (secondary N) is 2. The first kappa shape index (κ1) is 18.3. The van der Waals surface area contributed by atoms with Crippen molar-refractivity contribution in [1.29, 1.82) is 0 Å². The van der Waals surface area contributed by atoms with Gasteiger partial charge in [-0.05, 0) is 18.6 Å². The fourth-order valence-corrected chi connectivity index (χ4v) is 4.08. The summed E-state index contributed by atoms with van der Waals surface area (Å²) in [4.78, 5) is 20.9. The first-order valence-corrected chi connectivity index (χ1v) is 10.1. The monoisotopic (exact) mass is 416 g/mol. The third-order valence-electron chi connectivity index (χ3n) is 4.55. The van der Waals surface area contributed by atoms with Gasteiger partial charge in [-0.1, -0.05) is 65.4 Å². The molecule has 0 fully saturated rings. The Kier molecular flexibility index (Phi) is 4.64. The van der Waals surface area contributed by atoms with Crippen LogP contribution in [0.5, 0.6) is 0 Å². The Labute approximate surface area is 175 Å². The number of aromatic nitrogens is 5. The van der Waals surface area contributed by atoms with E-state index in [4.69, 9.17) is 4.52 Å². The van der Waals surface area contributed by atoms with Crippen molar-refractivity contribution in [2.24, 2.45) is 0 Å². The summed E-state index contributed by atoms with van der Waals surface area (Å²) in [5.41, 5.74) is 3.09. The maximum absolute atomic E-state index is 13.0. The van der Waals surface area contributed by atoms with E-state index in [-0.39, 0.29) is 5.91 Å². The number of fused-ring (bicyclic) bond motifs is 3. The van der Waals surface area contributed by atoms with Crippen molar-refractivity contribution in [3.63, 3.8) is 0 Å². The molecule has 0 aliphatic carbocycles. The molecular formula is C21H16N6O2S. The molecule has 0 unspecified atom stereocenters. The number of amides is 1. The van der Waals surface area contributed by atoms with Gasteiger partial charge in [-0.15, -0.1) is 10.2 Å². The molecule has 1 amide bonds. The van der Waals surface area contributed by atoms with E-state index in [1.165, 1.54) is 11.8 Å². The predicted octanol–water partition coefficient (Wildman–Crippen LogP) is 4.27. The third-order valence-corrected chi connectivity index (χ3v) is 5.65. The fourth-order valence-electron chi connectivity index (χ4n) is 3.18. The lowest BCUT2D eigenvalue weighted by Gasteiger charge is -2.14. The average Bonchev–Trinajstić information content (AvgIpc) is 3.34. The molecular weight excluding hydrogens is 400 g/mol. The van der Waals surface area contributed by atoms with Gasteiger partial charge in [-0.3, -0.25) is 4.79 Å². The standard InChI is InChI=1S/C21H16N6O2S/c1-12-11-16(27-29-12)23-20(28)18(13-7-3-2-4-8-13)30-21-24-19-17(25-26-21)14-9-5-6-10-15(14)22-19/h2-11,18H,1H3,(H,22,24,26)(H,23,27,28)/t18-/m1/s1. The molecule has 5 aromatic rings. The molecule has 3 aromatic heterocycles. The molecule has 0 bridgehead atoms. The van der Waals surface area contributed by atoms with E-state index >= 15 is 0 Å². The van der Waals surface area contributed by atoms with Crippen LogP contribution in [0.15, 0.2) is 70.3 Å². The maximum atomic E-state index is 13.0. The second-order valence-electron chi connectivity index (χ2n) is 6.68. The number of nitrogens with zero attached hydrogens (tertiary/aromatic N) is 4. The Morgan fingerprint density at radius 2 is 1.90 bits per heavy atom. The number of H-pyrrole nitrogens is 1. The summed E-state index contributed by atoms with van der Waals surface area (Å²) >= 11 is 1.23. The van der Waals surface area contributed by atoms with Crippen LogP contribution in [0.4, 0.5) is 5.82 Å². The molecule has 0 aliphatic rings. The second kappa shape index (κ2) is 7.60. The van der Waals surface area contributed by atoms with Gasteiger partial charge in [0.2, 0.25) is 11.1 Å². The number of benzene rings is 2. The van der Waals surface area contributed by atoms with Crippen molar-refractivity contribution in [1.82, 2.24) is 25.3 Å². The van der Waals surface area contributed by atoms with Crippen LogP contribution in [0.2, 0.25) is 0 Å². The lowest BCUT2D eigenvalue weighted by molar-refractivity contribution is -0.115. The summed E-state index contributed by atoms with van der Waals surface area (Å²) in [6.45, 7) is 1.77. The molecule has 0 radical (unpaired) electrons. The van der Waals surface area contributed by atoms with Gasteiger partial charge in [-0.25, -0.2) is 4.98 Å². The number of carbonyl (C=O) groups excluding carboxylic acids is 1. The van der Waals surface area contributed by atoms with Crippen molar-refractivity contribution >= 4 is 45.6 Å². The van der Waals surface area contributed by atoms with Gasteiger partial charge in [0.15, 0.2) is 11.5 Å². The van der Waals surface area contributed by atoms with E-state index < -0.39 is 5.25 Å². The van der Waals surface area contributed by atoms with Gasteiger partial charge in [-0.2, -0.15) is 0 Å². The lowest BCUT2D eigenvalue weighted by atomic mass is 10.1. The van der Waals surface area contributed by atoms with Crippen LogP contribution in [0.1, 0.15) is 16.6 Å². The van der Waals surface area contributed by atoms with Gasteiger partial charge in [0.1, 0.15) is 16.5 Å². The summed E-state index contributed by atoms with van der Waals surface area (Å²) in [7, 11) is 0. The van der Waals surface area contributed by atoms with E-state index in [9.17, 15) is 4.79 Å². The number of rotatable bonds is 5. The van der Waals surface area contributed by atoms with Crippen molar-refractivity contribution < 1.29 is 9.32 Å². The number of aryl methyl sites for hydroxylation is 1. The predicted molar refractivity (Wildman–Crippen MR) is 114 cm³/mol. The number of hydrogen-bond donors (Lipinski definition) is 2. The highest BCUT2D eigenvalue weighted by Crippen LogP contribution is 2.35. The van der Waals surface area contributed by atoms with Crippen LogP contribution in [-0.2, 0) is 4.79 Å². The molecule has 2 N–H and O–H groups in total. The van der Waals surface area contributed by atoms with Crippen LogP contribution in [0.3, 0.4) is 0 Å². The summed E-state index contributed by atoms with van der Waals surface area (Å²) in [6.07, 6.45) is 0. The zero-order chi connectivity index (χ0) is 20.5. The van der Waals surface area contributed by atoms with Crippen LogP contribution < -0.4 is 5.32 Å². The third kappa shape index (κ3) is 3.50. The molecule has 5 rings (SSSR count). The minimum Gasteiger partial charge on any atom is -0.360 e. The number of carbonyl (C=O) groups is 1. The number of para-hydroxylation sites is 1. The average molecular weight is 416 g/mol. The van der Waals surface area contributed by atoms with E-state index in [2.05, 4.69) is 30.6 Å². The van der Waals surface area contributed by atoms with Crippen LogP contribution in [0, 0.1) is 6.92 Å². The Hall–Kier alpha value is -3.72. The molecule has 2 aromatic carbocycles. The van der Waals surface area contributed by atoms with Crippen LogP contribution in [-0.4, -0.2) is 31.2 Å². The molecule has 3 heterocycles. The van der Waals surface area contributed by atoms with Crippen molar-refractivity contribution in [3.8, 4) is 0 Å². The van der Waals surface area contributed by atoms with Crippen LogP contribution >= 0.6 is 11.8 Å². The highest BCUT2D eigenvalue weighted by molar-refractivity contribution is 8.00. The zero-order valence-electron chi connectivity index (χ0n) is 15.9.